The third kappa shape index (κ3) is 4.49. The van der Waals surface area contributed by atoms with Gasteiger partial charge in [0.2, 0.25) is 20.0 Å². The highest BCUT2D eigenvalue weighted by molar-refractivity contribution is 7.93. The molecule has 0 aliphatic carbocycles. The molecule has 0 aromatic heterocycles. The summed E-state index contributed by atoms with van der Waals surface area (Å²) in [4.78, 5) is 0. The van der Waals surface area contributed by atoms with Crippen LogP contribution < -0.4 is 9.03 Å². The normalized spacial score (nSPS) is 16.6. The van der Waals surface area contributed by atoms with Crippen molar-refractivity contribution in [1.29, 1.82) is 0 Å². The minimum atomic E-state index is -3.58. The SMILES string of the molecule is O=S(=O)(CCc1ccccc1)Nc1ccc(N2CCCS2(=O)=O)cc1Cl. The molecule has 1 fully saturated rings. The fraction of sp³-hybridized carbons (Fsp3) is 0.294. The lowest BCUT2D eigenvalue weighted by Gasteiger charge is -2.18. The summed E-state index contributed by atoms with van der Waals surface area (Å²) in [5, 5.41) is 0.160. The zero-order chi connectivity index (χ0) is 18.8. The lowest BCUT2D eigenvalue weighted by molar-refractivity contribution is 0.598. The van der Waals surface area contributed by atoms with E-state index in [-0.39, 0.29) is 22.2 Å². The van der Waals surface area contributed by atoms with Gasteiger partial charge in [-0.25, -0.2) is 16.8 Å². The van der Waals surface area contributed by atoms with Gasteiger partial charge in [-0.2, -0.15) is 0 Å². The van der Waals surface area contributed by atoms with Gasteiger partial charge in [-0.1, -0.05) is 41.9 Å². The molecule has 0 spiro atoms. The minimum absolute atomic E-state index is 0.0738. The third-order valence-electron chi connectivity index (χ3n) is 4.11. The second kappa shape index (κ2) is 7.46. The summed E-state index contributed by atoms with van der Waals surface area (Å²) in [7, 11) is -6.88. The first-order chi connectivity index (χ1) is 12.3. The van der Waals surface area contributed by atoms with Crippen LogP contribution in [0.3, 0.4) is 0 Å². The molecule has 26 heavy (non-hydrogen) atoms. The average Bonchev–Trinajstić information content (AvgIpc) is 2.95. The largest absolute Gasteiger partial charge is 0.282 e. The van der Waals surface area contributed by atoms with Crippen molar-refractivity contribution in [3.8, 4) is 0 Å². The molecule has 1 aliphatic rings. The number of sulfonamides is 2. The van der Waals surface area contributed by atoms with E-state index in [0.717, 1.165) is 5.56 Å². The van der Waals surface area contributed by atoms with Crippen molar-refractivity contribution >= 4 is 43.0 Å². The van der Waals surface area contributed by atoms with Gasteiger partial charge >= 0.3 is 0 Å². The number of hydrogen-bond donors (Lipinski definition) is 1. The predicted octanol–water partition coefficient (Wildman–Crippen LogP) is 2.86. The Bertz CT molecular complexity index is 993. The summed E-state index contributed by atoms with van der Waals surface area (Å²) in [6, 6.07) is 13.9. The van der Waals surface area contributed by atoms with Gasteiger partial charge in [0.25, 0.3) is 0 Å². The molecule has 1 saturated heterocycles. The van der Waals surface area contributed by atoms with E-state index < -0.39 is 20.0 Å². The van der Waals surface area contributed by atoms with E-state index in [1.807, 2.05) is 30.3 Å². The number of aryl methyl sites for hydroxylation is 1. The molecule has 0 atom stereocenters. The van der Waals surface area contributed by atoms with Crippen LogP contribution in [-0.4, -0.2) is 34.9 Å². The van der Waals surface area contributed by atoms with E-state index in [9.17, 15) is 16.8 Å². The first-order valence-corrected chi connectivity index (χ1v) is 11.8. The fourth-order valence-corrected chi connectivity index (χ4v) is 5.74. The molecule has 3 rings (SSSR count). The van der Waals surface area contributed by atoms with Gasteiger partial charge in [-0.05, 0) is 36.6 Å². The zero-order valence-electron chi connectivity index (χ0n) is 13.9. The average molecular weight is 415 g/mol. The van der Waals surface area contributed by atoms with E-state index in [4.69, 9.17) is 11.6 Å². The first kappa shape index (κ1) is 19.0. The van der Waals surface area contributed by atoms with Crippen molar-refractivity contribution in [1.82, 2.24) is 0 Å². The Morgan fingerprint density at radius 2 is 1.85 bits per heavy atom. The van der Waals surface area contributed by atoms with Crippen LogP contribution in [0, 0.1) is 0 Å². The number of benzene rings is 2. The molecular weight excluding hydrogens is 396 g/mol. The van der Waals surface area contributed by atoms with E-state index >= 15 is 0 Å². The van der Waals surface area contributed by atoms with Crippen molar-refractivity contribution in [2.75, 3.05) is 27.1 Å². The van der Waals surface area contributed by atoms with Crippen LogP contribution in [0.5, 0.6) is 0 Å². The van der Waals surface area contributed by atoms with E-state index in [2.05, 4.69) is 4.72 Å². The van der Waals surface area contributed by atoms with Crippen LogP contribution in [0.15, 0.2) is 48.5 Å². The van der Waals surface area contributed by atoms with Crippen molar-refractivity contribution in [2.45, 2.75) is 12.8 Å². The fourth-order valence-electron chi connectivity index (χ4n) is 2.79. The Morgan fingerprint density at radius 3 is 2.46 bits per heavy atom. The van der Waals surface area contributed by atoms with Crippen molar-refractivity contribution in [3.63, 3.8) is 0 Å². The molecule has 140 valence electrons. The molecule has 0 amide bonds. The lowest BCUT2D eigenvalue weighted by Crippen LogP contribution is -2.25. The molecule has 2 aromatic carbocycles. The van der Waals surface area contributed by atoms with Crippen molar-refractivity contribution in [2.24, 2.45) is 0 Å². The third-order valence-corrected chi connectivity index (χ3v) is 7.56. The van der Waals surface area contributed by atoms with Crippen molar-refractivity contribution < 1.29 is 16.8 Å². The Labute approximate surface area is 158 Å². The highest BCUT2D eigenvalue weighted by Gasteiger charge is 2.28. The lowest BCUT2D eigenvalue weighted by atomic mass is 10.2. The molecule has 0 saturated carbocycles. The maximum atomic E-state index is 12.3. The molecule has 6 nitrogen and oxygen atoms in total. The van der Waals surface area contributed by atoms with Crippen LogP contribution in [-0.2, 0) is 26.5 Å². The summed E-state index contributed by atoms with van der Waals surface area (Å²) >= 11 is 6.18. The van der Waals surface area contributed by atoms with E-state index in [1.165, 1.54) is 16.4 Å². The zero-order valence-corrected chi connectivity index (χ0v) is 16.3. The maximum absolute atomic E-state index is 12.3. The molecule has 9 heteroatoms. The van der Waals surface area contributed by atoms with Crippen LogP contribution in [0.25, 0.3) is 0 Å². The molecule has 0 unspecified atom stereocenters. The number of anilines is 2. The maximum Gasteiger partial charge on any atom is 0.235 e. The molecule has 1 N–H and O–H groups in total. The Morgan fingerprint density at radius 1 is 1.12 bits per heavy atom. The van der Waals surface area contributed by atoms with Gasteiger partial charge in [0.15, 0.2) is 0 Å². The smallest absolute Gasteiger partial charge is 0.235 e. The number of nitrogens with zero attached hydrogens (tertiary/aromatic N) is 1. The predicted molar refractivity (Wildman–Crippen MR) is 105 cm³/mol. The number of rotatable bonds is 6. The summed E-state index contributed by atoms with van der Waals surface area (Å²) in [5.41, 5.74) is 1.61. The Kier molecular flexibility index (Phi) is 5.45. The number of hydrogen-bond acceptors (Lipinski definition) is 4. The summed E-state index contributed by atoms with van der Waals surface area (Å²) < 4.78 is 52.3. The summed E-state index contributed by atoms with van der Waals surface area (Å²) in [5.74, 6) is 0.0358. The van der Waals surface area contributed by atoms with Gasteiger partial charge in [-0.3, -0.25) is 9.03 Å². The van der Waals surface area contributed by atoms with Crippen LogP contribution in [0.4, 0.5) is 11.4 Å². The standard InChI is InChI=1S/C17H19ClN2O4S2/c18-16-13-15(20-10-4-11-26(20,23)24)7-8-17(16)19-25(21,22)12-9-14-5-2-1-3-6-14/h1-3,5-8,13,19H,4,9-12H2. The topological polar surface area (TPSA) is 83.6 Å². The van der Waals surface area contributed by atoms with Crippen molar-refractivity contribution in [3.05, 3.63) is 59.1 Å². The van der Waals surface area contributed by atoms with Crippen LogP contribution >= 0.6 is 11.6 Å². The van der Waals surface area contributed by atoms with Gasteiger partial charge in [-0.15, -0.1) is 0 Å². The second-order valence-corrected chi connectivity index (χ2v) is 10.3. The second-order valence-electron chi connectivity index (χ2n) is 6.06. The van der Waals surface area contributed by atoms with Crippen LogP contribution in [0.2, 0.25) is 5.02 Å². The summed E-state index contributed by atoms with van der Waals surface area (Å²) in [6.45, 7) is 0.404. The Hall–Kier alpha value is -1.77. The van der Waals surface area contributed by atoms with Gasteiger partial charge < -0.3 is 0 Å². The monoisotopic (exact) mass is 414 g/mol. The number of nitrogens with one attached hydrogen (secondary N) is 1. The van der Waals surface area contributed by atoms with Gasteiger partial charge in [0.05, 0.1) is 27.9 Å². The van der Waals surface area contributed by atoms with Crippen LogP contribution in [0.1, 0.15) is 12.0 Å². The summed E-state index contributed by atoms with van der Waals surface area (Å²) in [6.07, 6.45) is 0.950. The molecule has 2 aromatic rings. The molecular formula is C17H19ClN2O4S2. The highest BCUT2D eigenvalue weighted by atomic mass is 35.5. The van der Waals surface area contributed by atoms with Gasteiger partial charge in [0.1, 0.15) is 0 Å². The number of halogens is 1. The molecule has 0 bridgehead atoms. The van der Waals surface area contributed by atoms with E-state index in [0.29, 0.717) is 25.1 Å². The van der Waals surface area contributed by atoms with E-state index in [1.54, 1.807) is 6.07 Å². The minimum Gasteiger partial charge on any atom is -0.282 e. The molecule has 0 radical (unpaired) electrons. The quantitative estimate of drug-likeness (QED) is 0.787. The van der Waals surface area contributed by atoms with Gasteiger partial charge in [0, 0.05) is 6.54 Å². The molecule has 1 heterocycles. The molecule has 1 aliphatic heterocycles. The highest BCUT2D eigenvalue weighted by Crippen LogP contribution is 2.31. The Balaban J connectivity index is 1.71. The first-order valence-electron chi connectivity index (χ1n) is 8.11.